The van der Waals surface area contributed by atoms with Crippen LogP contribution in [0.15, 0.2) is 12.7 Å². The van der Waals surface area contributed by atoms with Crippen molar-refractivity contribution in [2.24, 2.45) is 28.1 Å². The summed E-state index contributed by atoms with van der Waals surface area (Å²) in [5.41, 5.74) is -1.30. The van der Waals surface area contributed by atoms with E-state index >= 15 is 0 Å². The van der Waals surface area contributed by atoms with Gasteiger partial charge >= 0.3 is 12.1 Å². The monoisotopic (exact) mass is 698 g/mol. The number of likely N-dealkylation sites (tertiary alicyclic amines) is 1. The minimum absolute atomic E-state index is 0.0447. The molecule has 5 N–H and O–H groups in total. The average molecular weight is 699 g/mol. The molecular formula is C37H58N6O7. The topological polar surface area (TPSA) is 175 Å². The maximum Gasteiger partial charge on any atom is 0.407 e. The van der Waals surface area contributed by atoms with Gasteiger partial charge in [-0.2, -0.15) is 0 Å². The van der Waals surface area contributed by atoms with Crippen molar-refractivity contribution < 1.29 is 33.5 Å². The number of nitrogens with one attached hydrogen (secondary N) is 5. The molecule has 13 heteroatoms. The van der Waals surface area contributed by atoms with E-state index in [-0.39, 0.29) is 49.2 Å². The van der Waals surface area contributed by atoms with Crippen LogP contribution in [0.4, 0.5) is 9.59 Å². The van der Waals surface area contributed by atoms with E-state index in [0.29, 0.717) is 25.9 Å². The number of terminal acetylenes is 1. The van der Waals surface area contributed by atoms with E-state index in [2.05, 4.69) is 52.9 Å². The SMILES string of the molecule is C#CCCC(NC(=O)[C@@H]1[C@@H]2[C@H](CN1C(=O)[C@@H](NC(=O)N[C@H](COC(=O)NCC)C(C)(C)C)C1(C)CCCCC1)C2(C)C)C(=O)C(=O)NCC=C. The first-order valence-corrected chi connectivity index (χ1v) is 17.9. The fourth-order valence-corrected chi connectivity index (χ4v) is 7.52. The predicted molar refractivity (Wildman–Crippen MR) is 189 cm³/mol. The molecule has 278 valence electrons. The lowest BCUT2D eigenvalue weighted by Gasteiger charge is -2.43. The lowest BCUT2D eigenvalue weighted by atomic mass is 9.70. The Kier molecular flexibility index (Phi) is 13.5. The van der Waals surface area contributed by atoms with Gasteiger partial charge in [-0.05, 0) is 54.3 Å². The largest absolute Gasteiger partial charge is 0.447 e. The molecule has 1 heterocycles. The molecule has 2 saturated carbocycles. The maximum absolute atomic E-state index is 14.7. The number of piperidine rings is 1. The Balaban J connectivity index is 1.89. The number of hydrogen-bond donors (Lipinski definition) is 5. The van der Waals surface area contributed by atoms with E-state index in [1.807, 2.05) is 27.7 Å². The standard InChI is InChI=1S/C37H58N6O7/c1-10-13-17-24(28(44)31(46)39-20-11-2)40-30(45)27-26-23(36(26,7)8)21-43(27)32(47)29(37(9)18-15-14-16-19-37)42-33(48)41-25(35(4,5)6)22-50-34(49)38-12-3/h1,11,23-27,29H,2,12-22H2,3-9H3,(H,38,49)(H,39,46)(H,40,45)(H2,41,42,48)/t23-,24?,25+,26-,27-,29+/m0/s1. The number of Topliss-reactive ketones (excluding diaryl/α,β-unsaturated/α-hetero) is 1. The molecule has 3 aliphatic rings. The van der Waals surface area contributed by atoms with Gasteiger partial charge < -0.3 is 36.2 Å². The van der Waals surface area contributed by atoms with Crippen molar-refractivity contribution in [2.45, 2.75) is 118 Å². The molecule has 1 unspecified atom stereocenters. The van der Waals surface area contributed by atoms with Crippen molar-refractivity contribution in [1.82, 2.24) is 31.5 Å². The number of alkyl carbamates (subject to hydrolysis) is 1. The highest BCUT2D eigenvalue weighted by atomic mass is 16.5. The Hall–Kier alpha value is -4.08. The van der Waals surface area contributed by atoms with Crippen LogP contribution >= 0.6 is 0 Å². The number of hydrogen-bond acceptors (Lipinski definition) is 7. The number of fused-ring (bicyclic) bond motifs is 1. The Bertz CT molecular complexity index is 1340. The number of amides is 6. The summed E-state index contributed by atoms with van der Waals surface area (Å²) in [6.07, 6.45) is 10.7. The van der Waals surface area contributed by atoms with Crippen LogP contribution in [0, 0.1) is 40.4 Å². The number of ether oxygens (including phenoxy) is 1. The molecule has 0 radical (unpaired) electrons. The van der Waals surface area contributed by atoms with E-state index in [1.54, 1.807) is 11.8 Å². The molecule has 3 fully saturated rings. The summed E-state index contributed by atoms with van der Waals surface area (Å²) in [6, 6.07) is -4.18. The van der Waals surface area contributed by atoms with E-state index in [1.165, 1.54) is 6.08 Å². The van der Waals surface area contributed by atoms with E-state index < -0.39 is 64.7 Å². The zero-order chi connectivity index (χ0) is 37.4. The van der Waals surface area contributed by atoms with Crippen LogP contribution in [0.5, 0.6) is 0 Å². The van der Waals surface area contributed by atoms with Gasteiger partial charge in [0, 0.05) is 26.1 Å². The Labute approximate surface area is 297 Å². The molecule has 1 saturated heterocycles. The Morgan fingerprint density at radius 2 is 1.68 bits per heavy atom. The van der Waals surface area contributed by atoms with E-state index in [4.69, 9.17) is 11.2 Å². The first kappa shape index (κ1) is 40.4. The van der Waals surface area contributed by atoms with Gasteiger partial charge in [0.25, 0.3) is 5.91 Å². The number of ketones is 1. The summed E-state index contributed by atoms with van der Waals surface area (Å²) >= 11 is 0. The summed E-state index contributed by atoms with van der Waals surface area (Å²) in [6.45, 7) is 17.9. The molecule has 0 bridgehead atoms. The molecule has 0 aromatic rings. The smallest absolute Gasteiger partial charge is 0.407 e. The quantitative estimate of drug-likeness (QED) is 0.0993. The van der Waals surface area contributed by atoms with E-state index in [9.17, 15) is 28.8 Å². The highest BCUT2D eigenvalue weighted by Crippen LogP contribution is 2.65. The highest BCUT2D eigenvalue weighted by Gasteiger charge is 2.70. The summed E-state index contributed by atoms with van der Waals surface area (Å²) in [5.74, 6) is -0.250. The third-order valence-electron chi connectivity index (χ3n) is 10.9. The normalized spacial score (nSPS) is 23.4. The van der Waals surface area contributed by atoms with Gasteiger partial charge in [0.2, 0.25) is 17.6 Å². The van der Waals surface area contributed by atoms with Crippen molar-refractivity contribution in [3.8, 4) is 12.3 Å². The molecule has 6 atom stereocenters. The second-order valence-corrected chi connectivity index (χ2v) is 15.9. The minimum atomic E-state index is -1.17. The van der Waals surface area contributed by atoms with Crippen molar-refractivity contribution in [2.75, 3.05) is 26.2 Å². The van der Waals surface area contributed by atoms with Crippen LogP contribution in [0.2, 0.25) is 0 Å². The minimum Gasteiger partial charge on any atom is -0.447 e. The van der Waals surface area contributed by atoms with Crippen molar-refractivity contribution in [3.63, 3.8) is 0 Å². The van der Waals surface area contributed by atoms with Crippen molar-refractivity contribution in [1.29, 1.82) is 0 Å². The number of nitrogens with zero attached hydrogens (tertiary/aromatic N) is 1. The molecule has 0 aromatic carbocycles. The fraction of sp³-hybridized carbons (Fsp3) is 0.730. The van der Waals surface area contributed by atoms with Crippen LogP contribution in [-0.2, 0) is 23.9 Å². The van der Waals surface area contributed by atoms with E-state index in [0.717, 1.165) is 19.3 Å². The maximum atomic E-state index is 14.7. The van der Waals surface area contributed by atoms with Gasteiger partial charge in [-0.25, -0.2) is 9.59 Å². The lowest BCUT2D eigenvalue weighted by molar-refractivity contribution is -0.146. The summed E-state index contributed by atoms with van der Waals surface area (Å²) < 4.78 is 5.35. The second-order valence-electron chi connectivity index (χ2n) is 15.9. The molecule has 50 heavy (non-hydrogen) atoms. The van der Waals surface area contributed by atoms with Gasteiger partial charge in [0.05, 0.1) is 12.1 Å². The Morgan fingerprint density at radius 3 is 2.26 bits per heavy atom. The van der Waals surface area contributed by atoms with Gasteiger partial charge in [0.15, 0.2) is 0 Å². The molecule has 0 spiro atoms. The van der Waals surface area contributed by atoms with Crippen molar-refractivity contribution >= 4 is 35.6 Å². The second kappa shape index (κ2) is 16.8. The Morgan fingerprint density at radius 1 is 1.02 bits per heavy atom. The van der Waals surface area contributed by atoms with Crippen LogP contribution in [0.1, 0.15) is 93.4 Å². The molecular weight excluding hydrogens is 640 g/mol. The number of carbonyl (C=O) groups excluding carboxylic acids is 6. The van der Waals surface area contributed by atoms with Gasteiger partial charge in [0.1, 0.15) is 18.7 Å². The zero-order valence-corrected chi connectivity index (χ0v) is 30.9. The molecule has 2 aliphatic carbocycles. The van der Waals surface area contributed by atoms with Crippen LogP contribution in [-0.4, -0.2) is 90.9 Å². The molecule has 13 nitrogen and oxygen atoms in total. The number of urea groups is 1. The first-order valence-electron chi connectivity index (χ1n) is 17.9. The molecule has 3 rings (SSSR count). The molecule has 0 aromatic heterocycles. The van der Waals surface area contributed by atoms with Crippen LogP contribution in [0.25, 0.3) is 0 Å². The third-order valence-corrected chi connectivity index (χ3v) is 10.9. The molecule has 1 aliphatic heterocycles. The number of rotatable bonds is 15. The summed E-state index contributed by atoms with van der Waals surface area (Å²) in [4.78, 5) is 81.8. The van der Waals surface area contributed by atoms with Gasteiger partial charge in [-0.15, -0.1) is 18.9 Å². The third kappa shape index (κ3) is 9.58. The zero-order valence-electron chi connectivity index (χ0n) is 30.9. The van der Waals surface area contributed by atoms with Crippen LogP contribution in [0.3, 0.4) is 0 Å². The predicted octanol–water partition coefficient (Wildman–Crippen LogP) is 3.04. The summed E-state index contributed by atoms with van der Waals surface area (Å²) in [5, 5.41) is 13.7. The summed E-state index contributed by atoms with van der Waals surface area (Å²) in [7, 11) is 0. The van der Waals surface area contributed by atoms with Gasteiger partial charge in [-0.1, -0.05) is 66.9 Å². The fourth-order valence-electron chi connectivity index (χ4n) is 7.52. The average Bonchev–Trinajstić information content (AvgIpc) is 3.36. The molecule has 6 amide bonds. The van der Waals surface area contributed by atoms with Crippen molar-refractivity contribution in [3.05, 3.63) is 12.7 Å². The number of carbonyl (C=O) groups is 6. The first-order chi connectivity index (χ1) is 23.4. The van der Waals surface area contributed by atoms with Gasteiger partial charge in [-0.3, -0.25) is 19.2 Å². The van der Waals surface area contributed by atoms with Crippen LogP contribution < -0.4 is 26.6 Å². The highest BCUT2D eigenvalue weighted by molar-refractivity contribution is 6.38. The lowest BCUT2D eigenvalue weighted by Crippen LogP contribution is -2.63.